The van der Waals surface area contributed by atoms with Crippen LogP contribution in [-0.2, 0) is 11.2 Å². The SMILES string of the molecule is COc1ccc(Cl)cc1NC(=O)CSc1nc2c(c(=O)n1-c1cc(C)cc(C)c1)SCC2. The third-order valence-electron chi connectivity index (χ3n) is 4.90. The van der Waals surface area contributed by atoms with Crippen LogP contribution >= 0.6 is 35.1 Å². The van der Waals surface area contributed by atoms with Crippen LogP contribution in [-0.4, -0.2) is 34.1 Å². The van der Waals surface area contributed by atoms with Crippen molar-refractivity contribution in [1.82, 2.24) is 9.55 Å². The van der Waals surface area contributed by atoms with Crippen LogP contribution in [0.5, 0.6) is 5.75 Å². The molecule has 0 bridgehead atoms. The summed E-state index contributed by atoms with van der Waals surface area (Å²) in [5.74, 6) is 1.20. The maximum atomic E-state index is 13.3. The number of hydrogen-bond donors (Lipinski definition) is 1. The van der Waals surface area contributed by atoms with Gasteiger partial charge in [0.25, 0.3) is 5.56 Å². The molecular formula is C23H22ClN3O3S2. The summed E-state index contributed by atoms with van der Waals surface area (Å²) in [5, 5.41) is 3.83. The number of carbonyl (C=O) groups excluding carboxylic acids is 1. The molecule has 0 saturated carbocycles. The van der Waals surface area contributed by atoms with Crippen LogP contribution in [0.4, 0.5) is 5.69 Å². The Balaban J connectivity index is 1.64. The van der Waals surface area contributed by atoms with E-state index < -0.39 is 0 Å². The molecule has 0 radical (unpaired) electrons. The summed E-state index contributed by atoms with van der Waals surface area (Å²) in [6.07, 6.45) is 0.752. The molecule has 1 amide bonds. The maximum absolute atomic E-state index is 13.3. The zero-order valence-corrected chi connectivity index (χ0v) is 20.3. The van der Waals surface area contributed by atoms with E-state index in [2.05, 4.69) is 11.4 Å². The Hall–Kier alpha value is -2.42. The van der Waals surface area contributed by atoms with E-state index in [0.29, 0.717) is 26.5 Å². The predicted molar refractivity (Wildman–Crippen MR) is 131 cm³/mol. The molecule has 0 unspecified atom stereocenters. The molecule has 2 heterocycles. The molecule has 1 aliphatic heterocycles. The highest BCUT2D eigenvalue weighted by Gasteiger charge is 2.23. The van der Waals surface area contributed by atoms with Gasteiger partial charge in [0.15, 0.2) is 5.16 Å². The van der Waals surface area contributed by atoms with E-state index >= 15 is 0 Å². The number of nitrogens with zero attached hydrogens (tertiary/aromatic N) is 2. The number of aryl methyl sites for hydroxylation is 3. The van der Waals surface area contributed by atoms with Gasteiger partial charge in [0, 0.05) is 17.2 Å². The van der Waals surface area contributed by atoms with Crippen molar-refractivity contribution >= 4 is 46.7 Å². The number of nitrogens with one attached hydrogen (secondary N) is 1. The summed E-state index contributed by atoms with van der Waals surface area (Å²) in [6, 6.07) is 11.0. The van der Waals surface area contributed by atoms with Crippen molar-refractivity contribution in [3.8, 4) is 11.4 Å². The van der Waals surface area contributed by atoms with Gasteiger partial charge in [-0.15, -0.1) is 11.8 Å². The number of carbonyl (C=O) groups is 1. The lowest BCUT2D eigenvalue weighted by atomic mass is 10.1. The molecule has 32 heavy (non-hydrogen) atoms. The molecule has 0 aliphatic carbocycles. The fraction of sp³-hybridized carbons (Fsp3) is 0.261. The fourth-order valence-electron chi connectivity index (χ4n) is 3.59. The number of methoxy groups -OCH3 is 1. The molecular weight excluding hydrogens is 466 g/mol. The number of fused-ring (bicyclic) bond motifs is 1. The van der Waals surface area contributed by atoms with Gasteiger partial charge < -0.3 is 10.1 Å². The van der Waals surface area contributed by atoms with E-state index in [4.69, 9.17) is 21.3 Å². The monoisotopic (exact) mass is 487 g/mol. The second-order valence-electron chi connectivity index (χ2n) is 7.44. The van der Waals surface area contributed by atoms with Gasteiger partial charge in [-0.1, -0.05) is 29.4 Å². The Morgan fingerprint density at radius 3 is 2.72 bits per heavy atom. The van der Waals surface area contributed by atoms with Crippen LogP contribution in [0.25, 0.3) is 5.69 Å². The van der Waals surface area contributed by atoms with Gasteiger partial charge in [-0.2, -0.15) is 0 Å². The summed E-state index contributed by atoms with van der Waals surface area (Å²) >= 11 is 8.83. The highest BCUT2D eigenvalue weighted by atomic mass is 35.5. The third kappa shape index (κ3) is 4.82. The van der Waals surface area contributed by atoms with Crippen LogP contribution in [0.3, 0.4) is 0 Å². The molecule has 1 N–H and O–H groups in total. The topological polar surface area (TPSA) is 73.2 Å². The molecule has 2 aromatic carbocycles. The number of rotatable bonds is 6. The van der Waals surface area contributed by atoms with Gasteiger partial charge in [0.05, 0.1) is 34.8 Å². The van der Waals surface area contributed by atoms with Crippen molar-refractivity contribution in [3.63, 3.8) is 0 Å². The van der Waals surface area contributed by atoms with Gasteiger partial charge in [0.2, 0.25) is 5.91 Å². The number of ether oxygens (including phenoxy) is 1. The number of amides is 1. The fourth-order valence-corrected chi connectivity index (χ4v) is 5.62. The molecule has 166 valence electrons. The second-order valence-corrected chi connectivity index (χ2v) is 9.92. The van der Waals surface area contributed by atoms with Gasteiger partial charge in [-0.05, 0) is 55.3 Å². The highest BCUT2D eigenvalue weighted by molar-refractivity contribution is 8.00. The summed E-state index contributed by atoms with van der Waals surface area (Å²) in [5.41, 5.74) is 4.09. The number of benzene rings is 2. The standard InChI is InChI=1S/C23H22ClN3O3S2/c1-13-8-14(2)10-16(9-13)27-22(29)21-17(6-7-31-21)26-23(27)32-12-20(28)25-18-11-15(24)4-5-19(18)30-3/h4-5,8-11H,6-7,12H2,1-3H3,(H,25,28). The second kappa shape index (κ2) is 9.60. The zero-order valence-electron chi connectivity index (χ0n) is 17.9. The van der Waals surface area contributed by atoms with Crippen molar-refractivity contribution in [2.75, 3.05) is 23.9 Å². The van der Waals surface area contributed by atoms with Crippen LogP contribution < -0.4 is 15.6 Å². The summed E-state index contributed by atoms with van der Waals surface area (Å²) in [4.78, 5) is 31.5. The minimum absolute atomic E-state index is 0.0816. The van der Waals surface area contributed by atoms with Gasteiger partial charge >= 0.3 is 0 Å². The summed E-state index contributed by atoms with van der Waals surface area (Å²) < 4.78 is 6.91. The predicted octanol–water partition coefficient (Wildman–Crippen LogP) is 4.89. The largest absolute Gasteiger partial charge is 0.495 e. The number of hydrogen-bond acceptors (Lipinski definition) is 6. The molecule has 0 spiro atoms. The Labute approximate surface area is 199 Å². The van der Waals surface area contributed by atoms with E-state index in [-0.39, 0.29) is 17.2 Å². The average Bonchev–Trinajstić information content (AvgIpc) is 3.21. The Morgan fingerprint density at radius 2 is 2.00 bits per heavy atom. The first-order chi connectivity index (χ1) is 15.4. The molecule has 4 rings (SSSR count). The quantitative estimate of drug-likeness (QED) is 0.394. The van der Waals surface area contributed by atoms with Gasteiger partial charge in [-0.3, -0.25) is 14.2 Å². The zero-order chi connectivity index (χ0) is 22.8. The van der Waals surface area contributed by atoms with E-state index in [1.165, 1.54) is 18.9 Å². The van der Waals surface area contributed by atoms with E-state index in [0.717, 1.165) is 34.7 Å². The molecule has 0 fully saturated rings. The molecule has 1 aliphatic rings. The number of anilines is 1. The number of halogens is 1. The van der Waals surface area contributed by atoms with Crippen LogP contribution in [0, 0.1) is 13.8 Å². The van der Waals surface area contributed by atoms with Crippen molar-refractivity contribution in [2.45, 2.75) is 30.3 Å². The first-order valence-corrected chi connectivity index (χ1v) is 12.3. The molecule has 9 heteroatoms. The lowest BCUT2D eigenvalue weighted by molar-refractivity contribution is -0.113. The Kier molecular flexibility index (Phi) is 6.83. The molecule has 6 nitrogen and oxygen atoms in total. The number of aromatic nitrogens is 2. The van der Waals surface area contributed by atoms with Crippen molar-refractivity contribution in [1.29, 1.82) is 0 Å². The van der Waals surface area contributed by atoms with Gasteiger partial charge in [0.1, 0.15) is 5.75 Å². The van der Waals surface area contributed by atoms with Gasteiger partial charge in [-0.25, -0.2) is 4.98 Å². The average molecular weight is 488 g/mol. The van der Waals surface area contributed by atoms with Crippen molar-refractivity contribution in [3.05, 3.63) is 68.6 Å². The molecule has 0 saturated heterocycles. The van der Waals surface area contributed by atoms with Crippen molar-refractivity contribution < 1.29 is 9.53 Å². The highest BCUT2D eigenvalue weighted by Crippen LogP contribution is 2.31. The Bertz CT molecular complexity index is 1240. The smallest absolute Gasteiger partial charge is 0.272 e. The van der Waals surface area contributed by atoms with Crippen LogP contribution in [0.15, 0.2) is 51.2 Å². The lowest BCUT2D eigenvalue weighted by Crippen LogP contribution is -2.25. The van der Waals surface area contributed by atoms with E-state index in [1.54, 1.807) is 34.5 Å². The van der Waals surface area contributed by atoms with E-state index in [1.807, 2.05) is 26.0 Å². The lowest BCUT2D eigenvalue weighted by Gasteiger charge is -2.15. The maximum Gasteiger partial charge on any atom is 0.272 e. The summed E-state index contributed by atoms with van der Waals surface area (Å²) in [6.45, 7) is 3.99. The van der Waals surface area contributed by atoms with E-state index in [9.17, 15) is 9.59 Å². The molecule has 3 aromatic rings. The first-order valence-electron chi connectivity index (χ1n) is 9.99. The summed E-state index contributed by atoms with van der Waals surface area (Å²) in [7, 11) is 1.53. The minimum atomic E-state index is -0.244. The number of thioether (sulfide) groups is 2. The molecule has 1 aromatic heterocycles. The minimum Gasteiger partial charge on any atom is -0.495 e. The first kappa shape index (κ1) is 22.8. The Morgan fingerprint density at radius 1 is 1.25 bits per heavy atom. The molecule has 0 atom stereocenters. The van der Waals surface area contributed by atoms with Crippen molar-refractivity contribution in [2.24, 2.45) is 0 Å². The normalized spacial score (nSPS) is 12.5. The third-order valence-corrected chi connectivity index (χ3v) is 7.18. The van der Waals surface area contributed by atoms with Crippen LogP contribution in [0.2, 0.25) is 5.02 Å². The van der Waals surface area contributed by atoms with Crippen LogP contribution in [0.1, 0.15) is 16.8 Å².